The summed E-state index contributed by atoms with van der Waals surface area (Å²) < 4.78 is 19.2. The molecule has 3 rings (SSSR count). The number of hydrogen-bond acceptors (Lipinski definition) is 5. The first-order chi connectivity index (χ1) is 11.2. The van der Waals surface area contributed by atoms with E-state index in [1.807, 2.05) is 6.92 Å². The molecule has 23 heavy (non-hydrogen) atoms. The van der Waals surface area contributed by atoms with Crippen molar-refractivity contribution in [3.8, 4) is 0 Å². The Hall–Kier alpha value is -2.28. The van der Waals surface area contributed by atoms with E-state index in [0.29, 0.717) is 44.5 Å². The van der Waals surface area contributed by atoms with E-state index >= 15 is 0 Å². The number of piperazine rings is 1. The number of amides is 1. The summed E-state index contributed by atoms with van der Waals surface area (Å²) in [5.74, 6) is 0.496. The molecule has 0 saturated carbocycles. The van der Waals surface area contributed by atoms with E-state index in [9.17, 15) is 9.18 Å². The summed E-state index contributed by atoms with van der Waals surface area (Å²) in [5, 5.41) is 7.95. The van der Waals surface area contributed by atoms with Gasteiger partial charge in [0.05, 0.1) is 12.1 Å². The van der Waals surface area contributed by atoms with Crippen molar-refractivity contribution < 1.29 is 13.6 Å². The quantitative estimate of drug-likeness (QED) is 0.859. The van der Waals surface area contributed by atoms with Crippen molar-refractivity contribution in [3.05, 3.63) is 47.4 Å². The normalized spacial score (nSPS) is 15.8. The lowest BCUT2D eigenvalue weighted by molar-refractivity contribution is 0.0613. The summed E-state index contributed by atoms with van der Waals surface area (Å²) in [4.78, 5) is 16.2. The molecule has 1 saturated heterocycles. The molecule has 7 heteroatoms. The zero-order chi connectivity index (χ0) is 16.2. The highest BCUT2D eigenvalue weighted by molar-refractivity contribution is 5.94. The number of aromatic nitrogens is 2. The molecule has 0 bridgehead atoms. The molecule has 0 spiro atoms. The van der Waals surface area contributed by atoms with Crippen LogP contribution in [0.4, 0.5) is 4.39 Å². The Morgan fingerprint density at radius 1 is 1.17 bits per heavy atom. The summed E-state index contributed by atoms with van der Waals surface area (Å²) >= 11 is 0. The van der Waals surface area contributed by atoms with Gasteiger partial charge in [0.15, 0.2) is 0 Å². The van der Waals surface area contributed by atoms with Gasteiger partial charge in [-0.05, 0) is 12.1 Å². The molecular formula is C16H19FN4O2. The second-order valence-corrected chi connectivity index (χ2v) is 5.49. The molecule has 0 atom stereocenters. The number of benzene rings is 1. The van der Waals surface area contributed by atoms with Crippen LogP contribution in [0, 0.1) is 5.82 Å². The van der Waals surface area contributed by atoms with Gasteiger partial charge >= 0.3 is 0 Å². The number of rotatable bonds is 4. The predicted molar refractivity (Wildman–Crippen MR) is 81.3 cm³/mol. The zero-order valence-electron chi connectivity index (χ0n) is 13.0. The Labute approximate surface area is 133 Å². The number of halogens is 1. The molecule has 0 radical (unpaired) electrons. The highest BCUT2D eigenvalue weighted by Gasteiger charge is 2.24. The number of carbonyl (C=O) groups excluding carboxylic acids is 1. The summed E-state index contributed by atoms with van der Waals surface area (Å²) in [6.07, 6.45) is 0.720. The minimum Gasteiger partial charge on any atom is -0.424 e. The summed E-state index contributed by atoms with van der Waals surface area (Å²) in [7, 11) is 0. The third-order valence-corrected chi connectivity index (χ3v) is 3.93. The SMILES string of the molecule is CCc1nnc(CN2CCN(C(=O)c3ccccc3F)CC2)o1. The average molecular weight is 318 g/mol. The number of carbonyl (C=O) groups is 1. The highest BCUT2D eigenvalue weighted by atomic mass is 19.1. The molecule has 1 amide bonds. The highest BCUT2D eigenvalue weighted by Crippen LogP contribution is 2.13. The van der Waals surface area contributed by atoms with Gasteiger partial charge in [-0.1, -0.05) is 19.1 Å². The minimum absolute atomic E-state index is 0.130. The van der Waals surface area contributed by atoms with E-state index in [4.69, 9.17) is 4.42 Å². The van der Waals surface area contributed by atoms with Crippen LogP contribution in [-0.2, 0) is 13.0 Å². The molecule has 1 fully saturated rings. The van der Waals surface area contributed by atoms with Gasteiger partial charge in [0, 0.05) is 32.6 Å². The van der Waals surface area contributed by atoms with Gasteiger partial charge in [0.1, 0.15) is 5.82 Å². The summed E-state index contributed by atoms with van der Waals surface area (Å²) in [6.45, 7) is 5.05. The maximum absolute atomic E-state index is 13.7. The molecule has 1 aliphatic heterocycles. The van der Waals surface area contributed by atoms with E-state index in [0.717, 1.165) is 6.42 Å². The lowest BCUT2D eigenvalue weighted by Gasteiger charge is -2.34. The van der Waals surface area contributed by atoms with Crippen molar-refractivity contribution in [2.45, 2.75) is 19.9 Å². The number of hydrogen-bond donors (Lipinski definition) is 0. The Morgan fingerprint density at radius 2 is 1.87 bits per heavy atom. The fraction of sp³-hybridized carbons (Fsp3) is 0.438. The van der Waals surface area contributed by atoms with Crippen molar-refractivity contribution in [1.82, 2.24) is 20.0 Å². The lowest BCUT2D eigenvalue weighted by atomic mass is 10.1. The van der Waals surface area contributed by atoms with E-state index in [-0.39, 0.29) is 11.5 Å². The largest absolute Gasteiger partial charge is 0.424 e. The van der Waals surface area contributed by atoms with Crippen LogP contribution < -0.4 is 0 Å². The van der Waals surface area contributed by atoms with Crippen molar-refractivity contribution >= 4 is 5.91 Å². The molecule has 2 heterocycles. The smallest absolute Gasteiger partial charge is 0.256 e. The van der Waals surface area contributed by atoms with E-state index in [1.54, 1.807) is 17.0 Å². The van der Waals surface area contributed by atoms with E-state index in [2.05, 4.69) is 15.1 Å². The average Bonchev–Trinajstić information content (AvgIpc) is 3.03. The topological polar surface area (TPSA) is 62.5 Å². The predicted octanol–water partition coefficient (Wildman–Crippen LogP) is 1.73. The van der Waals surface area contributed by atoms with Gasteiger partial charge in [0.2, 0.25) is 11.8 Å². The van der Waals surface area contributed by atoms with E-state index in [1.165, 1.54) is 12.1 Å². The van der Waals surface area contributed by atoms with Crippen LogP contribution in [0.5, 0.6) is 0 Å². The molecule has 1 aromatic heterocycles. The Balaban J connectivity index is 1.56. The van der Waals surface area contributed by atoms with Gasteiger partial charge in [-0.15, -0.1) is 10.2 Å². The summed E-state index contributed by atoms with van der Waals surface area (Å²) in [5.41, 5.74) is 0.130. The maximum Gasteiger partial charge on any atom is 0.256 e. The lowest BCUT2D eigenvalue weighted by Crippen LogP contribution is -2.48. The molecule has 0 unspecified atom stereocenters. The van der Waals surface area contributed by atoms with Gasteiger partial charge < -0.3 is 9.32 Å². The van der Waals surface area contributed by atoms with Crippen LogP contribution in [0.1, 0.15) is 29.1 Å². The third kappa shape index (κ3) is 3.56. The molecule has 1 aliphatic rings. The second kappa shape index (κ2) is 6.87. The fourth-order valence-electron chi connectivity index (χ4n) is 2.60. The number of nitrogens with zero attached hydrogens (tertiary/aromatic N) is 4. The van der Waals surface area contributed by atoms with Crippen LogP contribution in [-0.4, -0.2) is 52.1 Å². The minimum atomic E-state index is -0.474. The van der Waals surface area contributed by atoms with Crippen LogP contribution in [0.25, 0.3) is 0 Å². The maximum atomic E-state index is 13.7. The van der Waals surface area contributed by atoms with Crippen molar-refractivity contribution in [1.29, 1.82) is 0 Å². The molecular weight excluding hydrogens is 299 g/mol. The Morgan fingerprint density at radius 3 is 2.52 bits per heavy atom. The van der Waals surface area contributed by atoms with Crippen LogP contribution in [0.15, 0.2) is 28.7 Å². The van der Waals surface area contributed by atoms with Crippen LogP contribution >= 0.6 is 0 Å². The summed E-state index contributed by atoms with van der Waals surface area (Å²) in [6, 6.07) is 6.09. The van der Waals surface area contributed by atoms with Crippen LogP contribution in [0.2, 0.25) is 0 Å². The molecule has 122 valence electrons. The molecule has 6 nitrogen and oxygen atoms in total. The zero-order valence-corrected chi connectivity index (χ0v) is 13.0. The Bertz CT molecular complexity index is 680. The van der Waals surface area contributed by atoms with Crippen LogP contribution in [0.3, 0.4) is 0 Å². The monoisotopic (exact) mass is 318 g/mol. The van der Waals surface area contributed by atoms with Gasteiger partial charge in [-0.25, -0.2) is 4.39 Å². The molecule has 0 aliphatic carbocycles. The first kappa shape index (κ1) is 15.6. The van der Waals surface area contributed by atoms with E-state index < -0.39 is 5.82 Å². The third-order valence-electron chi connectivity index (χ3n) is 3.93. The first-order valence-corrected chi connectivity index (χ1v) is 7.74. The van der Waals surface area contributed by atoms with Crippen molar-refractivity contribution in [2.75, 3.05) is 26.2 Å². The molecule has 0 N–H and O–H groups in total. The standard InChI is InChI=1S/C16H19FN4O2/c1-2-14-18-19-15(23-14)11-20-7-9-21(10-8-20)16(22)12-5-3-4-6-13(12)17/h3-6H,2,7-11H2,1H3. The van der Waals surface area contributed by atoms with Gasteiger partial charge in [-0.3, -0.25) is 9.69 Å². The number of aryl methyl sites for hydroxylation is 1. The molecule has 1 aromatic carbocycles. The van der Waals surface area contributed by atoms with Crippen molar-refractivity contribution in [2.24, 2.45) is 0 Å². The van der Waals surface area contributed by atoms with Crippen molar-refractivity contribution in [3.63, 3.8) is 0 Å². The molecule has 2 aromatic rings. The fourth-order valence-corrected chi connectivity index (χ4v) is 2.60. The van der Waals surface area contributed by atoms with Gasteiger partial charge in [0.25, 0.3) is 5.91 Å². The Kier molecular flexibility index (Phi) is 4.66. The second-order valence-electron chi connectivity index (χ2n) is 5.49. The first-order valence-electron chi connectivity index (χ1n) is 7.74. The van der Waals surface area contributed by atoms with Gasteiger partial charge in [-0.2, -0.15) is 0 Å².